The molecule has 0 aromatic heterocycles. The number of carbonyl (C=O) groups is 1. The summed E-state index contributed by atoms with van der Waals surface area (Å²) in [5.74, 6) is -0.0723. The van der Waals surface area contributed by atoms with Gasteiger partial charge in [-0.1, -0.05) is 23.7 Å². The van der Waals surface area contributed by atoms with Crippen LogP contribution in [0.1, 0.15) is 33.5 Å². The Kier molecular flexibility index (Phi) is 3.84. The van der Waals surface area contributed by atoms with E-state index in [9.17, 15) is 4.79 Å². The summed E-state index contributed by atoms with van der Waals surface area (Å²) in [6.07, 6.45) is 3.09. The molecule has 0 unspecified atom stereocenters. The third-order valence-corrected chi connectivity index (χ3v) is 4.11. The molecule has 3 nitrogen and oxygen atoms in total. The molecule has 0 saturated carbocycles. The third-order valence-electron chi connectivity index (χ3n) is 3.75. The largest absolute Gasteiger partial charge is 0.489 e. The molecule has 21 heavy (non-hydrogen) atoms. The van der Waals surface area contributed by atoms with E-state index in [0.29, 0.717) is 6.61 Å². The quantitative estimate of drug-likeness (QED) is 0.924. The van der Waals surface area contributed by atoms with Crippen LogP contribution in [0, 0.1) is 0 Å². The van der Waals surface area contributed by atoms with E-state index in [-0.39, 0.29) is 5.56 Å². The summed E-state index contributed by atoms with van der Waals surface area (Å²) >= 11 is 6.19. The molecule has 3 rings (SSSR count). The molecule has 2 aromatic rings. The highest BCUT2D eigenvalue weighted by Crippen LogP contribution is 2.35. The fraction of sp³-hybridized carbons (Fsp3) is 0.235. The minimum atomic E-state index is -0.927. The average Bonchev–Trinajstić information content (AvgIpc) is 2.97. The standard InChI is InChI=1S/C17H15ClO3/c18-15-7-8-16(14-6-2-5-13(14)15)21-10-11-3-1-4-12(9-11)17(19)20/h1,3-4,7-9H,2,5-6,10H2,(H,19,20). The Hall–Kier alpha value is -2.00. The van der Waals surface area contributed by atoms with E-state index in [0.717, 1.165) is 35.6 Å². The first-order chi connectivity index (χ1) is 10.1. The summed E-state index contributed by atoms with van der Waals surface area (Å²) in [7, 11) is 0. The molecule has 0 fully saturated rings. The van der Waals surface area contributed by atoms with Crippen LogP contribution in [0.4, 0.5) is 0 Å². The first-order valence-corrected chi connectivity index (χ1v) is 7.28. The van der Waals surface area contributed by atoms with Crippen LogP contribution < -0.4 is 4.74 Å². The zero-order chi connectivity index (χ0) is 14.8. The van der Waals surface area contributed by atoms with Gasteiger partial charge in [0.25, 0.3) is 0 Å². The molecule has 108 valence electrons. The normalized spacial score (nSPS) is 13.0. The zero-order valence-corrected chi connectivity index (χ0v) is 12.2. The van der Waals surface area contributed by atoms with Crippen molar-refractivity contribution in [1.82, 2.24) is 0 Å². The second-order valence-corrected chi connectivity index (χ2v) is 5.56. The Labute approximate surface area is 128 Å². The van der Waals surface area contributed by atoms with Crippen molar-refractivity contribution in [2.75, 3.05) is 0 Å². The van der Waals surface area contributed by atoms with Crippen LogP contribution >= 0.6 is 11.6 Å². The van der Waals surface area contributed by atoms with Crippen molar-refractivity contribution in [1.29, 1.82) is 0 Å². The van der Waals surface area contributed by atoms with E-state index in [1.807, 2.05) is 18.2 Å². The molecule has 0 atom stereocenters. The number of hydrogen-bond acceptors (Lipinski definition) is 2. The molecule has 0 saturated heterocycles. The van der Waals surface area contributed by atoms with Crippen LogP contribution in [0.15, 0.2) is 36.4 Å². The van der Waals surface area contributed by atoms with Gasteiger partial charge in [0.15, 0.2) is 0 Å². The van der Waals surface area contributed by atoms with E-state index in [1.165, 1.54) is 11.1 Å². The second kappa shape index (κ2) is 5.78. The molecular formula is C17H15ClO3. The number of carboxylic acids is 1. The highest BCUT2D eigenvalue weighted by atomic mass is 35.5. The van der Waals surface area contributed by atoms with Crippen LogP contribution in [0.5, 0.6) is 5.75 Å². The number of ether oxygens (including phenoxy) is 1. The van der Waals surface area contributed by atoms with Crippen molar-refractivity contribution in [2.45, 2.75) is 25.9 Å². The lowest BCUT2D eigenvalue weighted by Gasteiger charge is -2.12. The van der Waals surface area contributed by atoms with Crippen molar-refractivity contribution >= 4 is 17.6 Å². The van der Waals surface area contributed by atoms with E-state index < -0.39 is 5.97 Å². The summed E-state index contributed by atoms with van der Waals surface area (Å²) < 4.78 is 5.87. The number of fused-ring (bicyclic) bond motifs is 1. The van der Waals surface area contributed by atoms with Crippen molar-refractivity contribution < 1.29 is 14.6 Å². The Morgan fingerprint density at radius 2 is 2.00 bits per heavy atom. The van der Waals surface area contributed by atoms with Gasteiger partial charge in [0, 0.05) is 5.02 Å². The number of hydrogen-bond donors (Lipinski definition) is 1. The van der Waals surface area contributed by atoms with E-state index >= 15 is 0 Å². The maximum atomic E-state index is 11.0. The van der Waals surface area contributed by atoms with Gasteiger partial charge in [-0.05, 0) is 60.2 Å². The van der Waals surface area contributed by atoms with Gasteiger partial charge in [0.05, 0.1) is 5.56 Å². The number of benzene rings is 2. The van der Waals surface area contributed by atoms with Gasteiger partial charge >= 0.3 is 5.97 Å². The molecule has 1 aliphatic rings. The van der Waals surface area contributed by atoms with Crippen LogP contribution in [-0.4, -0.2) is 11.1 Å². The van der Waals surface area contributed by atoms with Crippen molar-refractivity contribution in [3.63, 3.8) is 0 Å². The van der Waals surface area contributed by atoms with Gasteiger partial charge in [-0.25, -0.2) is 4.79 Å². The Bertz CT molecular complexity index is 694. The molecule has 1 N–H and O–H groups in total. The molecule has 0 aliphatic heterocycles. The minimum absolute atomic E-state index is 0.275. The lowest BCUT2D eigenvalue weighted by molar-refractivity contribution is 0.0696. The SMILES string of the molecule is O=C(O)c1cccc(COc2ccc(Cl)c3c2CCC3)c1. The molecule has 0 amide bonds. The second-order valence-electron chi connectivity index (χ2n) is 5.15. The maximum absolute atomic E-state index is 11.0. The Balaban J connectivity index is 1.78. The van der Waals surface area contributed by atoms with Crippen molar-refractivity contribution in [2.24, 2.45) is 0 Å². The molecule has 2 aromatic carbocycles. The van der Waals surface area contributed by atoms with Crippen molar-refractivity contribution in [3.05, 3.63) is 63.7 Å². The van der Waals surface area contributed by atoms with Gasteiger partial charge in [0.2, 0.25) is 0 Å². The Morgan fingerprint density at radius 1 is 1.19 bits per heavy atom. The van der Waals surface area contributed by atoms with Crippen LogP contribution in [0.2, 0.25) is 5.02 Å². The minimum Gasteiger partial charge on any atom is -0.489 e. The number of rotatable bonds is 4. The first kappa shape index (κ1) is 14.0. The number of halogens is 1. The van der Waals surface area contributed by atoms with Crippen LogP contribution in [0.3, 0.4) is 0 Å². The molecule has 0 heterocycles. The Morgan fingerprint density at radius 3 is 2.81 bits per heavy atom. The topological polar surface area (TPSA) is 46.5 Å². The summed E-state index contributed by atoms with van der Waals surface area (Å²) in [5, 5.41) is 9.80. The van der Waals surface area contributed by atoms with Crippen LogP contribution in [0.25, 0.3) is 0 Å². The third kappa shape index (κ3) is 2.88. The first-order valence-electron chi connectivity index (χ1n) is 6.90. The molecule has 0 bridgehead atoms. The highest BCUT2D eigenvalue weighted by Gasteiger charge is 2.18. The summed E-state index contributed by atoms with van der Waals surface area (Å²) in [6, 6.07) is 10.6. The van der Waals surface area contributed by atoms with Gasteiger partial charge < -0.3 is 9.84 Å². The maximum Gasteiger partial charge on any atom is 0.335 e. The fourth-order valence-electron chi connectivity index (χ4n) is 2.72. The summed E-state index contributed by atoms with van der Waals surface area (Å²) in [5.41, 5.74) is 3.50. The average molecular weight is 303 g/mol. The van der Waals surface area contributed by atoms with Gasteiger partial charge in [-0.15, -0.1) is 0 Å². The molecule has 0 spiro atoms. The molecule has 4 heteroatoms. The van der Waals surface area contributed by atoms with E-state index in [1.54, 1.807) is 18.2 Å². The monoisotopic (exact) mass is 302 g/mol. The zero-order valence-electron chi connectivity index (χ0n) is 11.4. The van der Waals surface area contributed by atoms with E-state index in [2.05, 4.69) is 0 Å². The van der Waals surface area contributed by atoms with Crippen molar-refractivity contribution in [3.8, 4) is 5.75 Å². The predicted molar refractivity (Wildman–Crippen MR) is 81.2 cm³/mol. The van der Waals surface area contributed by atoms with Crippen LogP contribution in [-0.2, 0) is 19.4 Å². The van der Waals surface area contributed by atoms with Gasteiger partial charge in [-0.2, -0.15) is 0 Å². The molecule has 0 radical (unpaired) electrons. The number of carboxylic acid groups (broad SMARTS) is 1. The predicted octanol–water partition coefficient (Wildman–Crippen LogP) is 4.11. The summed E-state index contributed by atoms with van der Waals surface area (Å²) in [6.45, 7) is 0.356. The lowest BCUT2D eigenvalue weighted by Crippen LogP contribution is -2.01. The molecular weight excluding hydrogens is 288 g/mol. The smallest absolute Gasteiger partial charge is 0.335 e. The lowest BCUT2D eigenvalue weighted by atomic mass is 10.1. The van der Waals surface area contributed by atoms with Gasteiger partial charge in [0.1, 0.15) is 12.4 Å². The molecule has 1 aliphatic carbocycles. The highest BCUT2D eigenvalue weighted by molar-refractivity contribution is 6.31. The van der Waals surface area contributed by atoms with Gasteiger partial charge in [-0.3, -0.25) is 0 Å². The summed E-state index contributed by atoms with van der Waals surface area (Å²) in [4.78, 5) is 11.0. The van der Waals surface area contributed by atoms with E-state index in [4.69, 9.17) is 21.4 Å². The fourth-order valence-corrected chi connectivity index (χ4v) is 2.99. The number of aromatic carboxylic acids is 1.